The number of phenols is 2. The molecule has 0 saturated carbocycles. The van der Waals surface area contributed by atoms with Gasteiger partial charge in [-0.05, 0) is 50.7 Å². The maximum atomic E-state index is 9.73. The summed E-state index contributed by atoms with van der Waals surface area (Å²) in [6, 6.07) is 4.95. The highest BCUT2D eigenvalue weighted by Crippen LogP contribution is 2.27. The zero-order chi connectivity index (χ0) is 18.2. The second-order valence-corrected chi connectivity index (χ2v) is 7.11. The van der Waals surface area contributed by atoms with Gasteiger partial charge >= 0.3 is 0 Å². The molecule has 0 heterocycles. The van der Waals surface area contributed by atoms with Crippen LogP contribution in [0.15, 0.2) is 30.4 Å². The Morgan fingerprint density at radius 1 is 0.680 bits per heavy atom. The minimum atomic E-state index is 0.209. The second kappa shape index (κ2) is 14.9. The van der Waals surface area contributed by atoms with Gasteiger partial charge in [-0.1, -0.05) is 76.5 Å². The molecule has 0 fully saturated rings. The van der Waals surface area contributed by atoms with Crippen LogP contribution in [0.2, 0.25) is 0 Å². The lowest BCUT2D eigenvalue weighted by atomic mass is 10.0. The minimum Gasteiger partial charge on any atom is -0.508 e. The van der Waals surface area contributed by atoms with Crippen LogP contribution in [0.1, 0.15) is 96.0 Å². The maximum absolute atomic E-state index is 9.73. The van der Waals surface area contributed by atoms with E-state index in [9.17, 15) is 10.2 Å². The van der Waals surface area contributed by atoms with Crippen LogP contribution in [0.25, 0.3) is 0 Å². The van der Waals surface area contributed by atoms with E-state index in [0.717, 1.165) is 25.7 Å². The zero-order valence-electron chi connectivity index (χ0n) is 16.2. The van der Waals surface area contributed by atoms with Crippen LogP contribution >= 0.6 is 0 Å². The van der Waals surface area contributed by atoms with Crippen molar-refractivity contribution in [3.63, 3.8) is 0 Å². The third kappa shape index (κ3) is 10.9. The molecule has 0 amide bonds. The van der Waals surface area contributed by atoms with Gasteiger partial charge in [-0.2, -0.15) is 0 Å². The monoisotopic (exact) mass is 346 g/mol. The van der Waals surface area contributed by atoms with Crippen molar-refractivity contribution in [2.75, 3.05) is 0 Å². The number of hydrogen-bond donors (Lipinski definition) is 2. The number of hydrogen-bond acceptors (Lipinski definition) is 2. The van der Waals surface area contributed by atoms with Crippen LogP contribution < -0.4 is 0 Å². The van der Waals surface area contributed by atoms with Crippen molar-refractivity contribution >= 4 is 0 Å². The highest BCUT2D eigenvalue weighted by atomic mass is 16.3. The van der Waals surface area contributed by atoms with Gasteiger partial charge in [-0.3, -0.25) is 0 Å². The average molecular weight is 347 g/mol. The van der Waals surface area contributed by atoms with Crippen molar-refractivity contribution in [2.24, 2.45) is 0 Å². The van der Waals surface area contributed by atoms with Gasteiger partial charge in [-0.25, -0.2) is 0 Å². The molecular weight excluding hydrogens is 308 g/mol. The first-order valence-corrected chi connectivity index (χ1v) is 10.4. The van der Waals surface area contributed by atoms with Gasteiger partial charge in [0.05, 0.1) is 0 Å². The minimum absolute atomic E-state index is 0.209. The number of allylic oxidation sites excluding steroid dienone is 2. The first-order chi connectivity index (χ1) is 12.3. The molecule has 1 aromatic rings. The molecule has 0 unspecified atom stereocenters. The summed E-state index contributed by atoms with van der Waals surface area (Å²) in [6.07, 6.45) is 22.2. The summed E-state index contributed by atoms with van der Waals surface area (Å²) in [5, 5.41) is 19.5. The van der Waals surface area contributed by atoms with E-state index in [0.29, 0.717) is 5.56 Å². The quantitative estimate of drug-likeness (QED) is 0.258. The van der Waals surface area contributed by atoms with E-state index in [1.807, 2.05) is 0 Å². The Kier molecular flexibility index (Phi) is 12.8. The predicted octanol–water partition coefficient (Wildman–Crippen LogP) is 7.29. The summed E-state index contributed by atoms with van der Waals surface area (Å²) in [4.78, 5) is 0. The highest BCUT2D eigenvalue weighted by Gasteiger charge is 2.05. The summed E-state index contributed by atoms with van der Waals surface area (Å²) in [6.45, 7) is 2.27. The molecule has 0 saturated heterocycles. The van der Waals surface area contributed by atoms with Crippen LogP contribution in [0.4, 0.5) is 0 Å². The topological polar surface area (TPSA) is 40.5 Å². The number of phenolic OH excluding ortho intramolecular Hbond substituents is 2. The van der Waals surface area contributed by atoms with E-state index >= 15 is 0 Å². The molecule has 2 N–H and O–H groups in total. The standard InChI is InChI=1S/C23H38O2/c1-2-3-4-5-6-7-8-9-10-11-12-13-14-15-16-18-21-22(24)19-17-20-23(21)25/h12-13,17,19-20,24-25H,2-11,14-16,18H2,1H3. The van der Waals surface area contributed by atoms with Gasteiger partial charge in [0.2, 0.25) is 0 Å². The zero-order valence-corrected chi connectivity index (χ0v) is 16.2. The Morgan fingerprint density at radius 3 is 1.72 bits per heavy atom. The molecule has 0 bridgehead atoms. The van der Waals surface area contributed by atoms with Gasteiger partial charge in [0.15, 0.2) is 0 Å². The van der Waals surface area contributed by atoms with E-state index < -0.39 is 0 Å². The molecule has 25 heavy (non-hydrogen) atoms. The van der Waals surface area contributed by atoms with Crippen LogP contribution in [0.3, 0.4) is 0 Å². The summed E-state index contributed by atoms with van der Waals surface area (Å²) < 4.78 is 0. The van der Waals surface area contributed by atoms with Crippen LogP contribution in [-0.4, -0.2) is 10.2 Å². The molecule has 2 nitrogen and oxygen atoms in total. The molecular formula is C23H38O2. The number of unbranched alkanes of at least 4 members (excludes halogenated alkanes) is 11. The van der Waals surface area contributed by atoms with Crippen molar-refractivity contribution in [1.29, 1.82) is 0 Å². The number of benzene rings is 1. The Balaban J connectivity index is 1.90. The molecule has 0 aliphatic heterocycles. The van der Waals surface area contributed by atoms with Crippen molar-refractivity contribution < 1.29 is 10.2 Å². The average Bonchev–Trinajstić information content (AvgIpc) is 2.60. The fourth-order valence-electron chi connectivity index (χ4n) is 3.19. The van der Waals surface area contributed by atoms with E-state index in [-0.39, 0.29) is 11.5 Å². The Hall–Kier alpha value is -1.44. The van der Waals surface area contributed by atoms with Crippen LogP contribution in [0.5, 0.6) is 11.5 Å². The van der Waals surface area contributed by atoms with Gasteiger partial charge < -0.3 is 10.2 Å². The Labute approximate surface area is 155 Å². The fraction of sp³-hybridized carbons (Fsp3) is 0.652. The number of aromatic hydroxyl groups is 2. The molecule has 142 valence electrons. The molecule has 1 rings (SSSR count). The Bertz CT molecular complexity index is 445. The Morgan fingerprint density at radius 2 is 1.16 bits per heavy atom. The van der Waals surface area contributed by atoms with E-state index in [4.69, 9.17) is 0 Å². The smallest absolute Gasteiger partial charge is 0.122 e. The lowest BCUT2D eigenvalue weighted by Gasteiger charge is -2.06. The molecule has 0 aliphatic rings. The van der Waals surface area contributed by atoms with Crippen molar-refractivity contribution in [1.82, 2.24) is 0 Å². The summed E-state index contributed by atoms with van der Waals surface area (Å²) in [5.41, 5.74) is 0.682. The van der Waals surface area contributed by atoms with Crippen LogP contribution in [0, 0.1) is 0 Å². The molecule has 0 spiro atoms. The van der Waals surface area contributed by atoms with Crippen molar-refractivity contribution in [2.45, 2.75) is 96.8 Å². The molecule has 2 heteroatoms. The molecule has 0 atom stereocenters. The molecule has 0 radical (unpaired) electrons. The lowest BCUT2D eigenvalue weighted by molar-refractivity contribution is 0.436. The summed E-state index contributed by atoms with van der Waals surface area (Å²) in [5.74, 6) is 0.418. The predicted molar refractivity (Wildman–Crippen MR) is 108 cm³/mol. The molecule has 1 aromatic carbocycles. The largest absolute Gasteiger partial charge is 0.508 e. The fourth-order valence-corrected chi connectivity index (χ4v) is 3.19. The first-order valence-electron chi connectivity index (χ1n) is 10.4. The lowest BCUT2D eigenvalue weighted by Crippen LogP contribution is -1.87. The van der Waals surface area contributed by atoms with Crippen molar-refractivity contribution in [3.05, 3.63) is 35.9 Å². The summed E-state index contributed by atoms with van der Waals surface area (Å²) >= 11 is 0. The van der Waals surface area contributed by atoms with Crippen LogP contribution in [-0.2, 0) is 6.42 Å². The normalized spacial score (nSPS) is 11.4. The van der Waals surface area contributed by atoms with Gasteiger partial charge in [-0.15, -0.1) is 0 Å². The van der Waals surface area contributed by atoms with Gasteiger partial charge in [0.25, 0.3) is 0 Å². The second-order valence-electron chi connectivity index (χ2n) is 7.11. The highest BCUT2D eigenvalue weighted by molar-refractivity contribution is 5.42. The van der Waals surface area contributed by atoms with E-state index in [1.165, 1.54) is 64.2 Å². The van der Waals surface area contributed by atoms with Gasteiger partial charge in [0, 0.05) is 5.56 Å². The maximum Gasteiger partial charge on any atom is 0.122 e. The van der Waals surface area contributed by atoms with E-state index in [1.54, 1.807) is 18.2 Å². The molecule has 0 aliphatic carbocycles. The molecule has 0 aromatic heterocycles. The SMILES string of the molecule is CCCCCCCCCCCC=CCCCCc1c(O)cccc1O. The van der Waals surface area contributed by atoms with E-state index in [2.05, 4.69) is 19.1 Å². The van der Waals surface area contributed by atoms with Crippen molar-refractivity contribution in [3.8, 4) is 11.5 Å². The van der Waals surface area contributed by atoms with Gasteiger partial charge in [0.1, 0.15) is 11.5 Å². The number of rotatable bonds is 15. The third-order valence-electron chi connectivity index (χ3n) is 4.82. The first kappa shape index (κ1) is 21.6. The summed E-state index contributed by atoms with van der Waals surface area (Å²) in [7, 11) is 0. The third-order valence-corrected chi connectivity index (χ3v) is 4.82.